The van der Waals surface area contributed by atoms with Crippen LogP contribution < -0.4 is 0 Å². The van der Waals surface area contributed by atoms with Crippen molar-refractivity contribution in [3.63, 3.8) is 0 Å². The van der Waals surface area contributed by atoms with E-state index in [4.69, 9.17) is 5.10 Å². The predicted octanol–water partition coefficient (Wildman–Crippen LogP) is 7.45. The molecule has 0 atom stereocenters. The summed E-state index contributed by atoms with van der Waals surface area (Å²) in [6, 6.07) is 10.9. The van der Waals surface area contributed by atoms with E-state index in [9.17, 15) is 0 Å². The van der Waals surface area contributed by atoms with E-state index in [1.54, 1.807) is 0 Å². The van der Waals surface area contributed by atoms with Gasteiger partial charge in [-0.2, -0.15) is 5.10 Å². The Morgan fingerprint density at radius 3 is 2.38 bits per heavy atom. The first-order valence-electron chi connectivity index (χ1n) is 11.8. The molecule has 0 saturated heterocycles. The molecular formula is C27H36N2. The fourth-order valence-electron chi connectivity index (χ4n) is 5.11. The van der Waals surface area contributed by atoms with Gasteiger partial charge in [-0.1, -0.05) is 88.1 Å². The number of hydrogen-bond donors (Lipinski definition) is 0. The Balaban J connectivity index is 1.74. The first kappa shape index (κ1) is 20.2. The maximum atomic E-state index is 5.23. The minimum Gasteiger partial charge on any atom is -0.264 e. The molecule has 1 aromatic carbocycles. The van der Waals surface area contributed by atoms with E-state index >= 15 is 0 Å². The van der Waals surface area contributed by atoms with E-state index < -0.39 is 0 Å². The van der Waals surface area contributed by atoms with Gasteiger partial charge in [-0.05, 0) is 49.5 Å². The highest BCUT2D eigenvalue weighted by Crippen LogP contribution is 2.37. The number of allylic oxidation sites excluding steroid dienone is 4. The summed E-state index contributed by atoms with van der Waals surface area (Å²) in [5, 5.41) is 5.23. The summed E-state index contributed by atoms with van der Waals surface area (Å²) in [5.41, 5.74) is 6.69. The Kier molecular flexibility index (Phi) is 6.69. The fraction of sp³-hybridized carbons (Fsp3) is 0.519. The van der Waals surface area contributed by atoms with Crippen LogP contribution in [0.25, 0.3) is 16.8 Å². The quantitative estimate of drug-likeness (QED) is 0.481. The third-order valence-corrected chi connectivity index (χ3v) is 6.82. The summed E-state index contributed by atoms with van der Waals surface area (Å²) in [5.74, 6) is 1.71. The molecule has 29 heavy (non-hydrogen) atoms. The first-order chi connectivity index (χ1) is 14.3. The molecule has 1 heterocycles. The molecule has 1 saturated carbocycles. The molecule has 2 aromatic rings. The second-order valence-electron chi connectivity index (χ2n) is 8.90. The van der Waals surface area contributed by atoms with Gasteiger partial charge in [0.05, 0.1) is 11.4 Å². The van der Waals surface area contributed by atoms with E-state index in [1.807, 2.05) is 0 Å². The lowest BCUT2D eigenvalue weighted by molar-refractivity contribution is 0.242. The van der Waals surface area contributed by atoms with Gasteiger partial charge in [0, 0.05) is 17.7 Å². The molecule has 4 rings (SSSR count). The van der Waals surface area contributed by atoms with Gasteiger partial charge in [-0.25, -0.2) is 0 Å². The van der Waals surface area contributed by atoms with Crippen LogP contribution in [0.1, 0.15) is 76.5 Å². The van der Waals surface area contributed by atoms with E-state index in [0.29, 0.717) is 0 Å². The van der Waals surface area contributed by atoms with Crippen LogP contribution in [0, 0.1) is 11.8 Å². The lowest BCUT2D eigenvalue weighted by Gasteiger charge is -2.28. The first-order valence-corrected chi connectivity index (χ1v) is 11.8. The van der Waals surface area contributed by atoms with Gasteiger partial charge < -0.3 is 0 Å². The van der Waals surface area contributed by atoms with Crippen LogP contribution in [0.5, 0.6) is 0 Å². The highest BCUT2D eigenvalue weighted by molar-refractivity contribution is 5.85. The number of rotatable bonds is 7. The molecule has 2 heteroatoms. The molecule has 1 aromatic heterocycles. The van der Waals surface area contributed by atoms with Gasteiger partial charge in [-0.3, -0.25) is 4.68 Å². The number of aryl methyl sites for hydroxylation is 1. The van der Waals surface area contributed by atoms with Crippen molar-refractivity contribution < 1.29 is 0 Å². The molecule has 0 radical (unpaired) electrons. The van der Waals surface area contributed by atoms with Gasteiger partial charge in [0.15, 0.2) is 0 Å². The topological polar surface area (TPSA) is 17.8 Å². The third kappa shape index (κ3) is 4.57. The summed E-state index contributed by atoms with van der Waals surface area (Å²) in [6.07, 6.45) is 18.4. The average Bonchev–Trinajstić information content (AvgIpc) is 3.13. The highest BCUT2D eigenvalue weighted by atomic mass is 15.3. The van der Waals surface area contributed by atoms with Crippen molar-refractivity contribution in [3.8, 4) is 11.3 Å². The van der Waals surface area contributed by atoms with Gasteiger partial charge in [-0.15, -0.1) is 0 Å². The van der Waals surface area contributed by atoms with Crippen LogP contribution in [0.4, 0.5) is 0 Å². The van der Waals surface area contributed by atoms with Gasteiger partial charge in [0.25, 0.3) is 0 Å². The minimum absolute atomic E-state index is 0.762. The molecule has 0 amide bonds. The molecule has 0 spiro atoms. The lowest BCUT2D eigenvalue weighted by atomic mass is 9.81. The Hall–Kier alpha value is -2.09. The predicted molar refractivity (Wildman–Crippen MR) is 124 cm³/mol. The van der Waals surface area contributed by atoms with Crippen molar-refractivity contribution in [2.24, 2.45) is 11.8 Å². The van der Waals surface area contributed by atoms with Crippen LogP contribution in [0.15, 0.2) is 48.6 Å². The Bertz CT molecular complexity index is 848. The maximum absolute atomic E-state index is 5.23. The summed E-state index contributed by atoms with van der Waals surface area (Å²) in [7, 11) is 0. The van der Waals surface area contributed by atoms with Crippen LogP contribution in [-0.4, -0.2) is 9.78 Å². The third-order valence-electron chi connectivity index (χ3n) is 6.82. The molecular weight excluding hydrogens is 352 g/mol. The summed E-state index contributed by atoms with van der Waals surface area (Å²) in [4.78, 5) is 0. The molecule has 2 aliphatic rings. The number of hydrogen-bond acceptors (Lipinski definition) is 1. The van der Waals surface area contributed by atoms with Crippen molar-refractivity contribution in [3.05, 3.63) is 59.8 Å². The monoisotopic (exact) mass is 388 g/mol. The molecule has 0 unspecified atom stereocenters. The fourth-order valence-corrected chi connectivity index (χ4v) is 5.11. The van der Waals surface area contributed by atoms with Crippen LogP contribution in [0.3, 0.4) is 0 Å². The second-order valence-corrected chi connectivity index (χ2v) is 8.90. The van der Waals surface area contributed by atoms with Crippen molar-refractivity contribution in [1.82, 2.24) is 9.78 Å². The molecule has 2 nitrogen and oxygen atoms in total. The zero-order valence-electron chi connectivity index (χ0n) is 18.2. The van der Waals surface area contributed by atoms with Gasteiger partial charge in [0.2, 0.25) is 0 Å². The van der Waals surface area contributed by atoms with Gasteiger partial charge in [0.1, 0.15) is 0 Å². The smallest absolute Gasteiger partial charge is 0.0763 e. The molecule has 0 aliphatic heterocycles. The lowest BCUT2D eigenvalue weighted by Crippen LogP contribution is -2.20. The highest BCUT2D eigenvalue weighted by Gasteiger charge is 2.25. The van der Waals surface area contributed by atoms with Gasteiger partial charge >= 0.3 is 0 Å². The van der Waals surface area contributed by atoms with Crippen molar-refractivity contribution in [2.45, 2.75) is 78.2 Å². The standard InChI is InChI=1S/C27H36N2/c1-3-11-25-26(23-12-7-5-8-13-23)27(24-14-9-6-10-15-24)29(28-25)20-22-18-16-21(4-2)17-19-22/h6-7,9-10,12-15,21-22H,3-5,8,11,16-20H2,1-2H3. The van der Waals surface area contributed by atoms with Crippen LogP contribution >= 0.6 is 0 Å². The summed E-state index contributed by atoms with van der Waals surface area (Å²) in [6.45, 7) is 5.68. The normalized spacial score (nSPS) is 21.9. The molecule has 0 bridgehead atoms. The van der Waals surface area contributed by atoms with Crippen LogP contribution in [0.2, 0.25) is 0 Å². The molecule has 2 aliphatic carbocycles. The van der Waals surface area contributed by atoms with E-state index in [2.05, 4.69) is 67.1 Å². The largest absolute Gasteiger partial charge is 0.264 e. The molecule has 154 valence electrons. The van der Waals surface area contributed by atoms with Crippen molar-refractivity contribution in [2.75, 3.05) is 0 Å². The zero-order valence-corrected chi connectivity index (χ0v) is 18.2. The zero-order chi connectivity index (χ0) is 20.1. The van der Waals surface area contributed by atoms with Crippen molar-refractivity contribution in [1.29, 1.82) is 0 Å². The number of benzene rings is 1. The van der Waals surface area contributed by atoms with E-state index in [0.717, 1.165) is 44.1 Å². The Morgan fingerprint density at radius 2 is 1.72 bits per heavy atom. The van der Waals surface area contributed by atoms with Crippen molar-refractivity contribution >= 4 is 5.57 Å². The van der Waals surface area contributed by atoms with E-state index in [-0.39, 0.29) is 0 Å². The SMILES string of the molecule is CCCc1nn(CC2CCC(CC)CC2)c(-c2ccccc2)c1C1=CCCC=C1. The maximum Gasteiger partial charge on any atom is 0.0763 e. The summed E-state index contributed by atoms with van der Waals surface area (Å²) >= 11 is 0. The number of nitrogens with zero attached hydrogens (tertiary/aromatic N) is 2. The van der Waals surface area contributed by atoms with Crippen LogP contribution in [-0.2, 0) is 13.0 Å². The minimum atomic E-state index is 0.762. The molecule has 1 fully saturated rings. The Labute approximate surface area is 176 Å². The Morgan fingerprint density at radius 1 is 0.966 bits per heavy atom. The second kappa shape index (κ2) is 9.61. The van der Waals surface area contributed by atoms with E-state index in [1.165, 1.54) is 60.2 Å². The summed E-state index contributed by atoms with van der Waals surface area (Å²) < 4.78 is 2.37. The number of aromatic nitrogens is 2. The average molecular weight is 389 g/mol. The molecule has 0 N–H and O–H groups in total.